The maximum absolute atomic E-state index is 4.79. The van der Waals surface area contributed by atoms with E-state index in [4.69, 9.17) is 4.98 Å². The number of rotatable bonds is 4. The van der Waals surface area contributed by atoms with Crippen molar-refractivity contribution in [3.05, 3.63) is 11.9 Å². The molecule has 1 heterocycles. The van der Waals surface area contributed by atoms with Crippen LogP contribution in [-0.2, 0) is 5.41 Å². The standard InChI is InChI=1S/C16H27N3S/c1-5-17-13-11-14(19-15(18-13)16(2,3)4)20-12-9-7-6-8-10-12/h11-12H,5-10H2,1-4H3,(H,17,18,19). The van der Waals surface area contributed by atoms with E-state index in [1.165, 1.54) is 32.1 Å². The van der Waals surface area contributed by atoms with Crippen LogP contribution in [0.1, 0.15) is 65.6 Å². The van der Waals surface area contributed by atoms with Crippen LogP contribution in [0.3, 0.4) is 0 Å². The van der Waals surface area contributed by atoms with Gasteiger partial charge in [0.1, 0.15) is 16.7 Å². The van der Waals surface area contributed by atoms with Crippen LogP contribution in [0.5, 0.6) is 0 Å². The summed E-state index contributed by atoms with van der Waals surface area (Å²) in [4.78, 5) is 9.44. The lowest BCUT2D eigenvalue weighted by atomic mass is 9.96. The van der Waals surface area contributed by atoms with Gasteiger partial charge in [-0.25, -0.2) is 9.97 Å². The molecule has 3 nitrogen and oxygen atoms in total. The zero-order valence-electron chi connectivity index (χ0n) is 13.2. The Bertz CT molecular complexity index is 434. The van der Waals surface area contributed by atoms with Gasteiger partial charge in [-0.15, -0.1) is 11.8 Å². The van der Waals surface area contributed by atoms with Crippen molar-refractivity contribution in [2.45, 2.75) is 75.5 Å². The normalized spacial score (nSPS) is 17.2. The summed E-state index contributed by atoms with van der Waals surface area (Å²) >= 11 is 1.94. The average molecular weight is 293 g/mol. The Kier molecular flexibility index (Phi) is 5.30. The number of hydrogen-bond donors (Lipinski definition) is 1. The molecule has 1 aliphatic carbocycles. The number of hydrogen-bond acceptors (Lipinski definition) is 4. The van der Waals surface area contributed by atoms with E-state index in [1.807, 2.05) is 11.8 Å². The molecule has 1 N–H and O–H groups in total. The lowest BCUT2D eigenvalue weighted by molar-refractivity contribution is 0.514. The Morgan fingerprint density at radius 1 is 1.20 bits per heavy atom. The molecular formula is C16H27N3S. The molecule has 0 bridgehead atoms. The van der Waals surface area contributed by atoms with Crippen LogP contribution in [0, 0.1) is 0 Å². The van der Waals surface area contributed by atoms with E-state index in [-0.39, 0.29) is 5.41 Å². The van der Waals surface area contributed by atoms with Crippen LogP contribution in [0.25, 0.3) is 0 Å². The first-order valence-corrected chi connectivity index (χ1v) is 8.67. The summed E-state index contributed by atoms with van der Waals surface area (Å²) in [5, 5.41) is 5.20. The highest BCUT2D eigenvalue weighted by molar-refractivity contribution is 7.99. The first-order valence-electron chi connectivity index (χ1n) is 7.79. The monoisotopic (exact) mass is 293 g/mol. The predicted octanol–water partition coefficient (Wildman–Crippen LogP) is 4.63. The molecular weight excluding hydrogens is 266 g/mol. The fourth-order valence-electron chi connectivity index (χ4n) is 2.45. The molecule has 0 radical (unpaired) electrons. The lowest BCUT2D eigenvalue weighted by Crippen LogP contribution is -2.18. The lowest BCUT2D eigenvalue weighted by Gasteiger charge is -2.22. The molecule has 0 atom stereocenters. The highest BCUT2D eigenvalue weighted by Gasteiger charge is 2.21. The summed E-state index contributed by atoms with van der Waals surface area (Å²) in [7, 11) is 0. The van der Waals surface area contributed by atoms with Gasteiger partial charge in [-0.1, -0.05) is 40.0 Å². The van der Waals surface area contributed by atoms with E-state index in [0.29, 0.717) is 0 Å². The van der Waals surface area contributed by atoms with Gasteiger partial charge in [0.15, 0.2) is 0 Å². The summed E-state index contributed by atoms with van der Waals surface area (Å²) < 4.78 is 0. The van der Waals surface area contributed by atoms with Crippen molar-refractivity contribution in [2.75, 3.05) is 11.9 Å². The molecule has 0 aromatic carbocycles. The van der Waals surface area contributed by atoms with Gasteiger partial charge in [-0.3, -0.25) is 0 Å². The third-order valence-corrected chi connectivity index (χ3v) is 4.83. The van der Waals surface area contributed by atoms with Crippen molar-refractivity contribution in [1.82, 2.24) is 9.97 Å². The second-order valence-electron chi connectivity index (χ2n) is 6.57. The first-order chi connectivity index (χ1) is 9.49. The third kappa shape index (κ3) is 4.37. The Balaban J connectivity index is 2.19. The summed E-state index contributed by atoms with van der Waals surface area (Å²) in [6, 6.07) is 2.11. The van der Waals surface area contributed by atoms with Crippen molar-refractivity contribution < 1.29 is 0 Å². The molecule has 1 aliphatic rings. The molecule has 0 aliphatic heterocycles. The number of aromatic nitrogens is 2. The highest BCUT2D eigenvalue weighted by Crippen LogP contribution is 2.34. The van der Waals surface area contributed by atoms with Gasteiger partial charge < -0.3 is 5.32 Å². The van der Waals surface area contributed by atoms with Crippen molar-refractivity contribution in [3.63, 3.8) is 0 Å². The average Bonchev–Trinajstić information content (AvgIpc) is 2.39. The smallest absolute Gasteiger partial charge is 0.137 e. The molecule has 20 heavy (non-hydrogen) atoms. The van der Waals surface area contributed by atoms with Crippen molar-refractivity contribution in [3.8, 4) is 0 Å². The minimum Gasteiger partial charge on any atom is -0.370 e. The summed E-state index contributed by atoms with van der Waals surface area (Å²) in [5.74, 6) is 1.90. The third-order valence-electron chi connectivity index (χ3n) is 3.57. The second-order valence-corrected chi connectivity index (χ2v) is 7.89. The molecule has 4 heteroatoms. The van der Waals surface area contributed by atoms with E-state index in [1.54, 1.807) is 0 Å². The summed E-state index contributed by atoms with van der Waals surface area (Å²) in [6.07, 6.45) is 6.80. The van der Waals surface area contributed by atoms with Crippen molar-refractivity contribution in [1.29, 1.82) is 0 Å². The zero-order chi connectivity index (χ0) is 14.6. The van der Waals surface area contributed by atoms with Gasteiger partial charge in [-0.05, 0) is 19.8 Å². The largest absolute Gasteiger partial charge is 0.370 e. The Morgan fingerprint density at radius 3 is 2.50 bits per heavy atom. The fourth-order valence-corrected chi connectivity index (χ4v) is 3.68. The van der Waals surface area contributed by atoms with Crippen LogP contribution >= 0.6 is 11.8 Å². The molecule has 1 aromatic rings. The summed E-state index contributed by atoms with van der Waals surface area (Å²) in [6.45, 7) is 9.52. The molecule has 112 valence electrons. The maximum atomic E-state index is 4.79. The van der Waals surface area contributed by atoms with E-state index in [9.17, 15) is 0 Å². The SMILES string of the molecule is CCNc1cc(SC2CCCCC2)nc(C(C)(C)C)n1. The predicted molar refractivity (Wildman–Crippen MR) is 87.6 cm³/mol. The van der Waals surface area contributed by atoms with Crippen LogP contribution in [0.4, 0.5) is 5.82 Å². The van der Waals surface area contributed by atoms with E-state index < -0.39 is 0 Å². The zero-order valence-corrected chi connectivity index (χ0v) is 14.0. The van der Waals surface area contributed by atoms with Crippen LogP contribution in [0.2, 0.25) is 0 Å². The van der Waals surface area contributed by atoms with Crippen LogP contribution in [0.15, 0.2) is 11.1 Å². The Morgan fingerprint density at radius 2 is 1.90 bits per heavy atom. The quantitative estimate of drug-likeness (QED) is 0.821. The van der Waals surface area contributed by atoms with E-state index >= 15 is 0 Å². The van der Waals surface area contributed by atoms with Crippen LogP contribution < -0.4 is 5.32 Å². The van der Waals surface area contributed by atoms with Gasteiger partial charge in [0.05, 0.1) is 0 Å². The first kappa shape index (κ1) is 15.6. The van der Waals surface area contributed by atoms with Gasteiger partial charge in [0.2, 0.25) is 0 Å². The summed E-state index contributed by atoms with van der Waals surface area (Å²) in [5.41, 5.74) is -0.00664. The molecule has 1 aromatic heterocycles. The molecule has 0 amide bonds. The number of anilines is 1. The molecule has 1 saturated carbocycles. The molecule has 2 rings (SSSR count). The van der Waals surface area contributed by atoms with E-state index in [0.717, 1.165) is 28.5 Å². The highest BCUT2D eigenvalue weighted by atomic mass is 32.2. The second kappa shape index (κ2) is 6.79. The molecule has 0 unspecified atom stereocenters. The molecule has 0 spiro atoms. The minimum atomic E-state index is -0.00664. The minimum absolute atomic E-state index is 0.00664. The van der Waals surface area contributed by atoms with E-state index in [2.05, 4.69) is 44.1 Å². The molecule has 0 saturated heterocycles. The molecule has 1 fully saturated rings. The fraction of sp³-hybridized carbons (Fsp3) is 0.750. The van der Waals surface area contributed by atoms with Crippen molar-refractivity contribution >= 4 is 17.6 Å². The number of nitrogens with one attached hydrogen (secondary N) is 1. The van der Waals surface area contributed by atoms with Gasteiger partial charge >= 0.3 is 0 Å². The number of thioether (sulfide) groups is 1. The van der Waals surface area contributed by atoms with Gasteiger partial charge in [-0.2, -0.15) is 0 Å². The van der Waals surface area contributed by atoms with Gasteiger partial charge in [0, 0.05) is 23.3 Å². The van der Waals surface area contributed by atoms with Gasteiger partial charge in [0.25, 0.3) is 0 Å². The van der Waals surface area contributed by atoms with Crippen LogP contribution in [-0.4, -0.2) is 21.8 Å². The van der Waals surface area contributed by atoms with Crippen molar-refractivity contribution in [2.24, 2.45) is 0 Å². The Labute approximate surface area is 127 Å². The Hall–Kier alpha value is -0.770. The number of nitrogens with zero attached hydrogens (tertiary/aromatic N) is 2. The topological polar surface area (TPSA) is 37.8 Å². The maximum Gasteiger partial charge on any atom is 0.137 e.